The Morgan fingerprint density at radius 1 is 1.18 bits per heavy atom. The maximum absolute atomic E-state index is 11.9. The zero-order chi connectivity index (χ0) is 28.6. The molecule has 4 aromatic rings. The summed E-state index contributed by atoms with van der Waals surface area (Å²) in [4.78, 5) is 18.3. The van der Waals surface area contributed by atoms with E-state index < -0.39 is 11.6 Å². The molecule has 1 aliphatic rings. The predicted octanol–water partition coefficient (Wildman–Crippen LogP) is 6.41. The molecule has 11 heteroatoms. The predicted molar refractivity (Wildman–Crippen MR) is 155 cm³/mol. The van der Waals surface area contributed by atoms with Gasteiger partial charge >= 0.3 is 6.09 Å². The van der Waals surface area contributed by atoms with Crippen LogP contribution in [0.15, 0.2) is 36.7 Å². The first-order chi connectivity index (χ1) is 19.0. The SMILES string of the molecule is CC(C)Nc1cc(-c2ccc3cc(C#N)cnn23)ncc1-c1nnc([C@H]2CC[C@H](N(C(=O)O)C(C)(C)C)CC2)s1. The average molecular weight is 559 g/mol. The molecule has 4 heterocycles. The van der Waals surface area contributed by atoms with Gasteiger partial charge < -0.3 is 15.3 Å². The molecule has 10 nitrogen and oxygen atoms in total. The molecule has 0 radical (unpaired) electrons. The summed E-state index contributed by atoms with van der Waals surface area (Å²) >= 11 is 1.58. The van der Waals surface area contributed by atoms with Crippen molar-refractivity contribution < 1.29 is 9.90 Å². The molecule has 2 N–H and O–H groups in total. The zero-order valence-corrected chi connectivity index (χ0v) is 24.2. The fraction of sp³-hybridized carbons (Fsp3) is 0.448. The first-order valence-corrected chi connectivity index (χ1v) is 14.4. The summed E-state index contributed by atoms with van der Waals surface area (Å²) in [5, 5.41) is 37.9. The summed E-state index contributed by atoms with van der Waals surface area (Å²) in [5.74, 6) is 0.267. The Balaban J connectivity index is 1.39. The number of hydrogen-bond donors (Lipinski definition) is 2. The van der Waals surface area contributed by atoms with Gasteiger partial charge in [0.2, 0.25) is 0 Å². The minimum Gasteiger partial charge on any atom is -0.465 e. The van der Waals surface area contributed by atoms with Gasteiger partial charge in [-0.05, 0) is 84.6 Å². The summed E-state index contributed by atoms with van der Waals surface area (Å²) in [5.41, 5.74) is 4.30. The molecule has 1 amide bonds. The highest BCUT2D eigenvalue weighted by atomic mass is 32.1. The van der Waals surface area contributed by atoms with Crippen LogP contribution in [0.2, 0.25) is 0 Å². The first kappa shape index (κ1) is 27.5. The van der Waals surface area contributed by atoms with Gasteiger partial charge in [0.15, 0.2) is 5.01 Å². The monoisotopic (exact) mass is 558 g/mol. The molecule has 0 unspecified atom stereocenters. The molecule has 5 rings (SSSR count). The maximum atomic E-state index is 11.9. The van der Waals surface area contributed by atoms with Crippen molar-refractivity contribution in [2.45, 2.75) is 83.8 Å². The smallest absolute Gasteiger partial charge is 0.407 e. The first-order valence-electron chi connectivity index (χ1n) is 13.6. The van der Waals surface area contributed by atoms with Gasteiger partial charge in [0.05, 0.1) is 34.2 Å². The Kier molecular flexibility index (Phi) is 7.47. The van der Waals surface area contributed by atoms with Crippen molar-refractivity contribution in [2.24, 2.45) is 0 Å². The minimum absolute atomic E-state index is 0.0193. The lowest BCUT2D eigenvalue weighted by Gasteiger charge is -2.42. The van der Waals surface area contributed by atoms with E-state index in [0.717, 1.165) is 63.9 Å². The quantitative estimate of drug-likeness (QED) is 0.277. The van der Waals surface area contributed by atoms with E-state index in [1.807, 2.05) is 45.2 Å². The van der Waals surface area contributed by atoms with Crippen LogP contribution in [0.4, 0.5) is 10.5 Å². The highest BCUT2D eigenvalue weighted by molar-refractivity contribution is 7.14. The van der Waals surface area contributed by atoms with Gasteiger partial charge in [-0.3, -0.25) is 4.98 Å². The van der Waals surface area contributed by atoms with Crippen LogP contribution < -0.4 is 5.32 Å². The summed E-state index contributed by atoms with van der Waals surface area (Å²) in [6.07, 6.45) is 5.93. The lowest BCUT2D eigenvalue weighted by atomic mass is 9.84. The van der Waals surface area contributed by atoms with Gasteiger partial charge in [-0.2, -0.15) is 10.4 Å². The van der Waals surface area contributed by atoms with Crippen LogP contribution in [-0.2, 0) is 0 Å². The molecule has 1 aliphatic carbocycles. The number of nitriles is 1. The molecule has 1 fully saturated rings. The van der Waals surface area contributed by atoms with Crippen LogP contribution in [-0.4, -0.2) is 58.5 Å². The molecular formula is C29H34N8O2S. The van der Waals surface area contributed by atoms with E-state index in [1.165, 1.54) is 0 Å². The van der Waals surface area contributed by atoms with Gasteiger partial charge in [-0.1, -0.05) is 11.3 Å². The number of rotatable bonds is 6. The largest absolute Gasteiger partial charge is 0.465 e. The van der Waals surface area contributed by atoms with Crippen molar-refractivity contribution in [3.63, 3.8) is 0 Å². The van der Waals surface area contributed by atoms with Crippen LogP contribution in [0, 0.1) is 11.3 Å². The van der Waals surface area contributed by atoms with Crippen LogP contribution in [0.1, 0.15) is 76.8 Å². The fourth-order valence-electron chi connectivity index (χ4n) is 5.53. The molecule has 0 bridgehead atoms. The normalized spacial score (nSPS) is 17.6. The standard InChI is InChI=1S/C29H34N8O2S/c1-17(2)33-23-13-24(25-11-10-21-12-18(14-30)15-32-37(21)25)31-16-22(23)27-35-34-26(40-27)19-6-8-20(9-7-19)36(28(38)39)29(3,4)5/h10-13,15-17,19-20H,6-9H2,1-5H3,(H,31,33)(H,38,39)/t19-,20-. The number of nitrogens with one attached hydrogen (secondary N) is 1. The Bertz CT molecular complexity index is 1570. The van der Waals surface area contributed by atoms with Gasteiger partial charge in [0.1, 0.15) is 11.1 Å². The van der Waals surface area contributed by atoms with Crippen LogP contribution in [0.5, 0.6) is 0 Å². The number of anilines is 1. The topological polar surface area (TPSA) is 132 Å². The third-order valence-corrected chi connectivity index (χ3v) is 8.37. The third kappa shape index (κ3) is 5.49. The Labute approximate surface area is 237 Å². The van der Waals surface area contributed by atoms with Gasteiger partial charge in [0, 0.05) is 35.4 Å². The zero-order valence-electron chi connectivity index (χ0n) is 23.4. The van der Waals surface area contributed by atoms with E-state index >= 15 is 0 Å². The van der Waals surface area contributed by atoms with Gasteiger partial charge in [-0.15, -0.1) is 10.2 Å². The number of carboxylic acid groups (broad SMARTS) is 1. The summed E-state index contributed by atoms with van der Waals surface area (Å²) in [6, 6.07) is 10.0. The maximum Gasteiger partial charge on any atom is 0.407 e. The number of amides is 1. The third-order valence-electron chi connectivity index (χ3n) is 7.25. The molecule has 0 atom stereocenters. The summed E-state index contributed by atoms with van der Waals surface area (Å²) in [6.45, 7) is 10.0. The van der Waals surface area contributed by atoms with Crippen molar-refractivity contribution in [3.05, 3.63) is 47.2 Å². The highest BCUT2D eigenvalue weighted by Gasteiger charge is 2.36. The van der Waals surface area contributed by atoms with E-state index in [4.69, 9.17) is 4.98 Å². The Hall–Kier alpha value is -4.04. The highest BCUT2D eigenvalue weighted by Crippen LogP contribution is 2.40. The second kappa shape index (κ2) is 10.8. The molecule has 0 aliphatic heterocycles. The number of nitrogens with zero attached hydrogens (tertiary/aromatic N) is 7. The second-order valence-corrected chi connectivity index (χ2v) is 12.6. The molecule has 40 heavy (non-hydrogen) atoms. The second-order valence-electron chi connectivity index (χ2n) is 11.6. The summed E-state index contributed by atoms with van der Waals surface area (Å²) in [7, 11) is 0. The number of hydrogen-bond acceptors (Lipinski definition) is 8. The van der Waals surface area contributed by atoms with E-state index in [0.29, 0.717) is 5.56 Å². The van der Waals surface area contributed by atoms with Gasteiger partial charge in [0.25, 0.3) is 0 Å². The van der Waals surface area contributed by atoms with E-state index in [9.17, 15) is 15.2 Å². The van der Waals surface area contributed by atoms with Gasteiger partial charge in [-0.25, -0.2) is 9.31 Å². The van der Waals surface area contributed by atoms with E-state index in [1.54, 1.807) is 33.0 Å². The Morgan fingerprint density at radius 3 is 2.58 bits per heavy atom. The molecule has 4 aromatic heterocycles. The van der Waals surface area contributed by atoms with Crippen molar-refractivity contribution in [1.82, 2.24) is 29.7 Å². The molecule has 0 spiro atoms. The number of fused-ring (bicyclic) bond motifs is 1. The lowest BCUT2D eigenvalue weighted by Crippen LogP contribution is -2.52. The number of aromatic nitrogens is 5. The van der Waals surface area contributed by atoms with Crippen molar-refractivity contribution in [2.75, 3.05) is 5.32 Å². The van der Waals surface area contributed by atoms with Crippen molar-refractivity contribution >= 4 is 28.6 Å². The van der Waals surface area contributed by atoms with Crippen molar-refractivity contribution in [1.29, 1.82) is 5.26 Å². The fourth-order valence-corrected chi connectivity index (χ4v) is 6.57. The van der Waals surface area contributed by atoms with Crippen LogP contribution in [0.25, 0.3) is 27.5 Å². The lowest BCUT2D eigenvalue weighted by molar-refractivity contribution is 0.0546. The van der Waals surface area contributed by atoms with E-state index in [-0.39, 0.29) is 18.0 Å². The number of pyridine rings is 1. The molecule has 0 aromatic carbocycles. The van der Waals surface area contributed by atoms with Crippen molar-refractivity contribution in [3.8, 4) is 28.0 Å². The molecule has 1 saturated carbocycles. The molecular weight excluding hydrogens is 524 g/mol. The van der Waals surface area contributed by atoms with Crippen LogP contribution in [0.3, 0.4) is 0 Å². The molecule has 0 saturated heterocycles. The van der Waals surface area contributed by atoms with Crippen LogP contribution >= 0.6 is 11.3 Å². The minimum atomic E-state index is -0.855. The summed E-state index contributed by atoms with van der Waals surface area (Å²) < 4.78 is 1.78. The average Bonchev–Trinajstić information content (AvgIpc) is 3.55. The van der Waals surface area contributed by atoms with E-state index in [2.05, 4.69) is 40.5 Å². The number of carbonyl (C=O) groups is 1. The Morgan fingerprint density at radius 2 is 1.93 bits per heavy atom. The molecule has 208 valence electrons.